The van der Waals surface area contributed by atoms with Crippen LogP contribution in [0.15, 0.2) is 36.7 Å². The fourth-order valence-electron chi connectivity index (χ4n) is 1.78. The molecule has 2 aromatic rings. The molecular formula is C14H14ClN3O. The third-order valence-corrected chi connectivity index (χ3v) is 3.02. The van der Waals surface area contributed by atoms with E-state index < -0.39 is 0 Å². The highest BCUT2D eigenvalue weighted by atomic mass is 35.5. The van der Waals surface area contributed by atoms with E-state index >= 15 is 0 Å². The number of rotatable bonds is 2. The van der Waals surface area contributed by atoms with E-state index in [9.17, 15) is 4.79 Å². The van der Waals surface area contributed by atoms with Crippen LogP contribution in [0, 0.1) is 6.92 Å². The number of benzene rings is 1. The van der Waals surface area contributed by atoms with Crippen molar-refractivity contribution >= 4 is 28.9 Å². The number of carbonyl (C=O) groups is 1. The van der Waals surface area contributed by atoms with E-state index in [-0.39, 0.29) is 5.91 Å². The number of aromatic nitrogens is 1. The van der Waals surface area contributed by atoms with E-state index in [4.69, 9.17) is 17.3 Å². The number of anilines is 2. The second kappa shape index (κ2) is 5.28. The minimum absolute atomic E-state index is 0.176. The monoisotopic (exact) mass is 275 g/mol. The van der Waals surface area contributed by atoms with Crippen LogP contribution in [0.3, 0.4) is 0 Å². The fourth-order valence-corrected chi connectivity index (χ4v) is 1.95. The molecule has 0 saturated carbocycles. The standard InChI is InChI=1S/C14H14ClN3O/c1-9-5-10(8-17-7-9)14(19)18(2)13-6-11(15)3-4-12(13)16/h3-8H,16H2,1-2H3. The molecule has 1 aromatic heterocycles. The first-order valence-electron chi connectivity index (χ1n) is 5.74. The van der Waals surface area contributed by atoms with Crippen LogP contribution in [0.5, 0.6) is 0 Å². The minimum atomic E-state index is -0.176. The van der Waals surface area contributed by atoms with E-state index in [1.165, 1.54) is 11.1 Å². The molecule has 4 nitrogen and oxygen atoms in total. The lowest BCUT2D eigenvalue weighted by Crippen LogP contribution is -2.27. The Hall–Kier alpha value is -2.07. The van der Waals surface area contributed by atoms with E-state index in [1.54, 1.807) is 37.5 Å². The van der Waals surface area contributed by atoms with E-state index in [1.807, 2.05) is 6.92 Å². The lowest BCUT2D eigenvalue weighted by atomic mass is 10.2. The SMILES string of the molecule is Cc1cncc(C(=O)N(C)c2cc(Cl)ccc2N)c1. The smallest absolute Gasteiger partial charge is 0.259 e. The highest BCUT2D eigenvalue weighted by Crippen LogP contribution is 2.27. The molecule has 1 heterocycles. The zero-order chi connectivity index (χ0) is 14.0. The Kier molecular flexibility index (Phi) is 3.71. The number of nitrogens with zero attached hydrogens (tertiary/aromatic N) is 2. The number of hydrogen-bond acceptors (Lipinski definition) is 3. The summed E-state index contributed by atoms with van der Waals surface area (Å²) in [6, 6.07) is 6.81. The van der Waals surface area contributed by atoms with Crippen molar-refractivity contribution in [2.75, 3.05) is 17.7 Å². The molecule has 0 aliphatic heterocycles. The van der Waals surface area contributed by atoms with Crippen LogP contribution in [-0.2, 0) is 0 Å². The van der Waals surface area contributed by atoms with Crippen molar-refractivity contribution < 1.29 is 4.79 Å². The van der Waals surface area contributed by atoms with E-state index in [2.05, 4.69) is 4.98 Å². The number of hydrogen-bond donors (Lipinski definition) is 1. The molecule has 98 valence electrons. The van der Waals surface area contributed by atoms with Gasteiger partial charge in [-0.3, -0.25) is 9.78 Å². The molecule has 0 aliphatic rings. The Morgan fingerprint density at radius 2 is 2.05 bits per heavy atom. The van der Waals surface area contributed by atoms with Crippen LogP contribution >= 0.6 is 11.6 Å². The normalized spacial score (nSPS) is 10.3. The van der Waals surface area contributed by atoms with Gasteiger partial charge in [-0.15, -0.1) is 0 Å². The Labute approximate surface area is 116 Å². The molecule has 1 aromatic carbocycles. The second-order valence-corrected chi connectivity index (χ2v) is 4.75. The van der Waals surface area contributed by atoms with Gasteiger partial charge in [0.2, 0.25) is 0 Å². The summed E-state index contributed by atoms with van der Waals surface area (Å²) >= 11 is 5.93. The number of carbonyl (C=O) groups excluding carboxylic acids is 1. The summed E-state index contributed by atoms with van der Waals surface area (Å²) in [7, 11) is 1.66. The molecule has 0 radical (unpaired) electrons. The molecule has 0 bridgehead atoms. The van der Waals surface area contributed by atoms with Gasteiger partial charge < -0.3 is 10.6 Å². The topological polar surface area (TPSA) is 59.2 Å². The number of amides is 1. The fraction of sp³-hybridized carbons (Fsp3) is 0.143. The van der Waals surface area contributed by atoms with Gasteiger partial charge in [-0.05, 0) is 36.8 Å². The van der Waals surface area contributed by atoms with Gasteiger partial charge in [0.25, 0.3) is 5.91 Å². The molecule has 0 unspecified atom stereocenters. The van der Waals surface area contributed by atoms with Gasteiger partial charge in [-0.2, -0.15) is 0 Å². The van der Waals surface area contributed by atoms with Gasteiger partial charge in [-0.1, -0.05) is 11.6 Å². The van der Waals surface area contributed by atoms with Crippen LogP contribution < -0.4 is 10.6 Å². The van der Waals surface area contributed by atoms with Crippen LogP contribution in [-0.4, -0.2) is 17.9 Å². The quantitative estimate of drug-likeness (QED) is 0.858. The van der Waals surface area contributed by atoms with Crippen LogP contribution in [0.2, 0.25) is 5.02 Å². The Morgan fingerprint density at radius 1 is 1.32 bits per heavy atom. The summed E-state index contributed by atoms with van der Waals surface area (Å²) in [5.41, 5.74) is 8.40. The Balaban J connectivity index is 2.36. The van der Waals surface area contributed by atoms with Gasteiger partial charge in [0.15, 0.2) is 0 Å². The van der Waals surface area contributed by atoms with Gasteiger partial charge in [0, 0.05) is 24.5 Å². The third kappa shape index (κ3) is 2.85. The van der Waals surface area contributed by atoms with Gasteiger partial charge >= 0.3 is 0 Å². The average Bonchev–Trinajstić information content (AvgIpc) is 2.40. The van der Waals surface area contributed by atoms with Crippen LogP contribution in [0.1, 0.15) is 15.9 Å². The zero-order valence-electron chi connectivity index (χ0n) is 10.7. The van der Waals surface area contributed by atoms with Crippen molar-refractivity contribution in [2.45, 2.75) is 6.92 Å². The number of nitrogen functional groups attached to an aromatic ring is 1. The number of halogens is 1. The summed E-state index contributed by atoms with van der Waals surface area (Å²) in [6.45, 7) is 1.89. The van der Waals surface area contributed by atoms with Crippen molar-refractivity contribution in [1.82, 2.24) is 4.98 Å². The van der Waals surface area contributed by atoms with Crippen molar-refractivity contribution in [3.05, 3.63) is 52.8 Å². The zero-order valence-corrected chi connectivity index (χ0v) is 11.5. The second-order valence-electron chi connectivity index (χ2n) is 4.32. The molecule has 2 rings (SSSR count). The van der Waals surface area contributed by atoms with Gasteiger partial charge in [0.05, 0.1) is 16.9 Å². The molecule has 19 heavy (non-hydrogen) atoms. The number of nitrogens with two attached hydrogens (primary N) is 1. The molecule has 0 fully saturated rings. The van der Waals surface area contributed by atoms with E-state index in [0.29, 0.717) is 22.0 Å². The maximum Gasteiger partial charge on any atom is 0.259 e. The summed E-state index contributed by atoms with van der Waals surface area (Å²) in [6.07, 6.45) is 3.23. The van der Waals surface area contributed by atoms with Crippen molar-refractivity contribution in [3.63, 3.8) is 0 Å². The first kappa shape index (κ1) is 13.4. The first-order chi connectivity index (χ1) is 8.99. The van der Waals surface area contributed by atoms with Gasteiger partial charge in [-0.25, -0.2) is 0 Å². The van der Waals surface area contributed by atoms with Gasteiger partial charge in [0.1, 0.15) is 0 Å². The maximum absolute atomic E-state index is 12.3. The maximum atomic E-state index is 12.3. The molecule has 0 atom stereocenters. The first-order valence-corrected chi connectivity index (χ1v) is 6.11. The lowest BCUT2D eigenvalue weighted by molar-refractivity contribution is 0.0992. The third-order valence-electron chi connectivity index (χ3n) is 2.78. The molecular weight excluding hydrogens is 262 g/mol. The predicted molar refractivity (Wildman–Crippen MR) is 77.6 cm³/mol. The van der Waals surface area contributed by atoms with Crippen LogP contribution in [0.25, 0.3) is 0 Å². The van der Waals surface area contributed by atoms with Crippen molar-refractivity contribution in [3.8, 4) is 0 Å². The number of aryl methyl sites for hydroxylation is 1. The Morgan fingerprint density at radius 3 is 2.74 bits per heavy atom. The van der Waals surface area contributed by atoms with Crippen molar-refractivity contribution in [2.24, 2.45) is 0 Å². The largest absolute Gasteiger partial charge is 0.397 e. The lowest BCUT2D eigenvalue weighted by Gasteiger charge is -2.19. The summed E-state index contributed by atoms with van der Waals surface area (Å²) in [5, 5.41) is 0.534. The minimum Gasteiger partial charge on any atom is -0.397 e. The van der Waals surface area contributed by atoms with E-state index in [0.717, 1.165) is 5.56 Å². The highest BCUT2D eigenvalue weighted by molar-refractivity contribution is 6.31. The molecule has 2 N–H and O–H groups in total. The molecule has 1 amide bonds. The summed E-state index contributed by atoms with van der Waals surface area (Å²) in [4.78, 5) is 17.8. The Bertz CT molecular complexity index is 628. The summed E-state index contributed by atoms with van der Waals surface area (Å²) in [5.74, 6) is -0.176. The molecule has 5 heteroatoms. The van der Waals surface area contributed by atoms with Crippen molar-refractivity contribution in [1.29, 1.82) is 0 Å². The summed E-state index contributed by atoms with van der Waals surface area (Å²) < 4.78 is 0. The molecule has 0 saturated heterocycles. The number of pyridine rings is 1. The average molecular weight is 276 g/mol. The van der Waals surface area contributed by atoms with Crippen LogP contribution in [0.4, 0.5) is 11.4 Å². The molecule has 0 aliphatic carbocycles. The molecule has 0 spiro atoms. The highest BCUT2D eigenvalue weighted by Gasteiger charge is 2.16. The predicted octanol–water partition coefficient (Wildman–Crippen LogP) is 2.90.